The van der Waals surface area contributed by atoms with Gasteiger partial charge in [-0.25, -0.2) is 16.8 Å². The maximum atomic E-state index is 13.6. The number of rotatable bonds is 8. The van der Waals surface area contributed by atoms with Crippen molar-refractivity contribution >= 4 is 19.9 Å². The zero-order valence-electron chi connectivity index (χ0n) is 18.2. The highest BCUT2D eigenvalue weighted by atomic mass is 32.2. The van der Waals surface area contributed by atoms with Gasteiger partial charge in [-0.1, -0.05) is 41.5 Å². The van der Waals surface area contributed by atoms with E-state index in [0.29, 0.717) is 5.75 Å². The van der Waals surface area contributed by atoms with Crippen molar-refractivity contribution in [3.8, 4) is 11.5 Å². The molecule has 0 aliphatic heterocycles. The molecule has 7 nitrogen and oxygen atoms in total. The Labute approximate surface area is 189 Å². The van der Waals surface area contributed by atoms with Gasteiger partial charge in [0.2, 0.25) is 10.0 Å². The Bertz CT molecular complexity index is 1300. The number of ether oxygens (including phenoxy) is 2. The topological polar surface area (TPSA) is 98.8 Å². The second kappa shape index (κ2) is 9.32. The van der Waals surface area contributed by atoms with Crippen LogP contribution in [-0.2, 0) is 19.9 Å². The fourth-order valence-electron chi connectivity index (χ4n) is 3.12. The minimum atomic E-state index is -4.16. The van der Waals surface area contributed by atoms with Crippen LogP contribution < -0.4 is 14.2 Å². The lowest BCUT2D eigenvalue weighted by molar-refractivity contribution is 0.354. The van der Waals surface area contributed by atoms with Crippen LogP contribution in [-0.4, -0.2) is 31.1 Å². The molecule has 3 aromatic carbocycles. The smallest absolute Gasteiger partial charge is 0.242 e. The molecule has 3 rings (SSSR count). The third kappa shape index (κ3) is 4.95. The van der Waals surface area contributed by atoms with Gasteiger partial charge in [-0.05, 0) is 55.8 Å². The third-order valence-corrected chi connectivity index (χ3v) is 8.49. The molecule has 0 fully saturated rings. The summed E-state index contributed by atoms with van der Waals surface area (Å²) in [5.74, 6) is 0.674. The fourth-order valence-corrected chi connectivity index (χ4v) is 6.34. The number of hydrogen-bond acceptors (Lipinski definition) is 6. The summed E-state index contributed by atoms with van der Waals surface area (Å²) in [4.78, 5) is -0.0397. The highest BCUT2D eigenvalue weighted by molar-refractivity contribution is 7.94. The van der Waals surface area contributed by atoms with Crippen molar-refractivity contribution < 1.29 is 26.3 Å². The molecule has 1 N–H and O–H groups in total. The largest absolute Gasteiger partial charge is 0.493 e. The average Bonchev–Trinajstić information content (AvgIpc) is 2.77. The van der Waals surface area contributed by atoms with Gasteiger partial charge in [-0.3, -0.25) is 0 Å². The minimum absolute atomic E-state index is 0.00510. The first-order chi connectivity index (χ1) is 15.1. The number of aryl methyl sites for hydroxylation is 2. The Hall–Kier alpha value is -2.88. The lowest BCUT2D eigenvalue weighted by Gasteiger charge is -2.21. The van der Waals surface area contributed by atoms with Crippen molar-refractivity contribution in [2.75, 3.05) is 14.2 Å². The number of hydrogen-bond donors (Lipinski definition) is 1. The van der Waals surface area contributed by atoms with Crippen LogP contribution in [0.4, 0.5) is 0 Å². The molecule has 1 atom stereocenters. The van der Waals surface area contributed by atoms with E-state index in [9.17, 15) is 16.8 Å². The standard InChI is InChI=1S/C23H25NO6S2/c1-16-5-10-19(11-6-16)31(25,26)23(18-9-14-21(29-3)22(15-18)30-4)24-32(27,28)20-12-7-17(2)8-13-20/h5-15,23-24H,1-4H3. The Balaban J connectivity index is 2.15. The van der Waals surface area contributed by atoms with Crippen LogP contribution in [0.3, 0.4) is 0 Å². The summed E-state index contributed by atoms with van der Waals surface area (Å²) in [6.45, 7) is 3.67. The van der Waals surface area contributed by atoms with Crippen molar-refractivity contribution in [2.24, 2.45) is 0 Å². The van der Waals surface area contributed by atoms with Crippen LogP contribution in [0.25, 0.3) is 0 Å². The molecule has 0 spiro atoms. The molecule has 3 aromatic rings. The van der Waals surface area contributed by atoms with Gasteiger partial charge in [0.1, 0.15) is 0 Å². The third-order valence-electron chi connectivity index (χ3n) is 4.96. The van der Waals surface area contributed by atoms with Crippen molar-refractivity contribution in [1.82, 2.24) is 4.72 Å². The number of methoxy groups -OCH3 is 2. The van der Waals surface area contributed by atoms with E-state index in [1.165, 1.54) is 56.7 Å². The maximum Gasteiger partial charge on any atom is 0.242 e. The molecule has 0 saturated heterocycles. The molecule has 9 heteroatoms. The molecule has 170 valence electrons. The predicted molar refractivity (Wildman–Crippen MR) is 122 cm³/mol. The van der Waals surface area contributed by atoms with E-state index in [0.717, 1.165) is 11.1 Å². The number of benzene rings is 3. The summed E-state index contributed by atoms with van der Waals surface area (Å²) < 4.78 is 66.2. The molecular formula is C23H25NO6S2. The summed E-state index contributed by atoms with van der Waals surface area (Å²) in [5.41, 5.74) is 1.96. The average molecular weight is 476 g/mol. The van der Waals surface area contributed by atoms with Crippen LogP contribution >= 0.6 is 0 Å². The normalized spacial score (nSPS) is 12.9. The molecule has 0 heterocycles. The van der Waals surface area contributed by atoms with E-state index in [1.54, 1.807) is 24.3 Å². The molecule has 0 aliphatic rings. The highest BCUT2D eigenvalue weighted by Crippen LogP contribution is 2.35. The SMILES string of the molecule is COc1ccc(C(NS(=O)(=O)c2ccc(C)cc2)S(=O)(=O)c2ccc(C)cc2)cc1OC. The van der Waals surface area contributed by atoms with Gasteiger partial charge in [-0.15, -0.1) is 0 Å². The Kier molecular flexibility index (Phi) is 6.92. The molecule has 0 aliphatic carbocycles. The molecular weight excluding hydrogens is 450 g/mol. The van der Waals surface area contributed by atoms with E-state index in [1.807, 2.05) is 13.8 Å². The highest BCUT2D eigenvalue weighted by Gasteiger charge is 2.34. The monoisotopic (exact) mass is 475 g/mol. The van der Waals surface area contributed by atoms with Crippen LogP contribution in [0.2, 0.25) is 0 Å². The molecule has 1 unspecified atom stereocenters. The zero-order valence-corrected chi connectivity index (χ0v) is 19.8. The number of sulfonamides is 1. The van der Waals surface area contributed by atoms with Gasteiger partial charge in [-0.2, -0.15) is 4.72 Å². The summed E-state index contributed by atoms with van der Waals surface area (Å²) in [6.07, 6.45) is 0. The van der Waals surface area contributed by atoms with E-state index in [2.05, 4.69) is 4.72 Å². The first kappa shape index (κ1) is 23.8. The summed E-state index contributed by atoms with van der Waals surface area (Å²) in [6, 6.07) is 16.9. The van der Waals surface area contributed by atoms with Crippen molar-refractivity contribution in [1.29, 1.82) is 0 Å². The van der Waals surface area contributed by atoms with E-state index >= 15 is 0 Å². The Morgan fingerprint density at radius 1 is 0.688 bits per heavy atom. The summed E-state index contributed by atoms with van der Waals surface area (Å²) in [5, 5.41) is -1.59. The second-order valence-corrected chi connectivity index (χ2v) is 11.0. The minimum Gasteiger partial charge on any atom is -0.493 e. The van der Waals surface area contributed by atoms with Gasteiger partial charge < -0.3 is 9.47 Å². The lowest BCUT2D eigenvalue weighted by atomic mass is 10.2. The van der Waals surface area contributed by atoms with Crippen molar-refractivity contribution in [2.45, 2.75) is 29.0 Å². The molecule has 0 bridgehead atoms. The molecule has 0 amide bonds. The van der Waals surface area contributed by atoms with E-state index < -0.39 is 25.2 Å². The van der Waals surface area contributed by atoms with E-state index in [-0.39, 0.29) is 21.1 Å². The molecule has 0 aromatic heterocycles. The van der Waals surface area contributed by atoms with Crippen molar-refractivity contribution in [3.63, 3.8) is 0 Å². The van der Waals surface area contributed by atoms with Crippen LogP contribution in [0, 0.1) is 13.8 Å². The second-order valence-electron chi connectivity index (χ2n) is 7.29. The van der Waals surface area contributed by atoms with Crippen LogP contribution in [0.1, 0.15) is 22.1 Å². The first-order valence-corrected chi connectivity index (χ1v) is 12.7. The van der Waals surface area contributed by atoms with Crippen LogP contribution in [0.5, 0.6) is 11.5 Å². The quantitative estimate of drug-likeness (QED) is 0.533. The summed E-state index contributed by atoms with van der Waals surface area (Å²) in [7, 11) is -5.44. The number of nitrogens with one attached hydrogen (secondary N) is 1. The van der Waals surface area contributed by atoms with Gasteiger partial charge in [0.05, 0.1) is 24.0 Å². The lowest BCUT2D eigenvalue weighted by Crippen LogP contribution is -2.34. The predicted octanol–water partition coefficient (Wildman–Crippen LogP) is 3.77. The van der Waals surface area contributed by atoms with Gasteiger partial charge >= 0.3 is 0 Å². The molecule has 0 radical (unpaired) electrons. The first-order valence-electron chi connectivity index (χ1n) is 9.70. The summed E-state index contributed by atoms with van der Waals surface area (Å²) >= 11 is 0. The maximum absolute atomic E-state index is 13.6. The molecule has 32 heavy (non-hydrogen) atoms. The van der Waals surface area contributed by atoms with Gasteiger partial charge in [0, 0.05) is 0 Å². The Morgan fingerprint density at radius 3 is 1.69 bits per heavy atom. The van der Waals surface area contributed by atoms with Crippen LogP contribution in [0.15, 0.2) is 76.5 Å². The number of sulfone groups is 1. The van der Waals surface area contributed by atoms with Gasteiger partial charge in [0.15, 0.2) is 26.7 Å². The van der Waals surface area contributed by atoms with Crippen molar-refractivity contribution in [3.05, 3.63) is 83.4 Å². The fraction of sp³-hybridized carbons (Fsp3) is 0.217. The zero-order chi connectivity index (χ0) is 23.5. The van der Waals surface area contributed by atoms with Gasteiger partial charge in [0.25, 0.3) is 0 Å². The van der Waals surface area contributed by atoms with E-state index in [4.69, 9.17) is 9.47 Å². The molecule has 0 saturated carbocycles. The Morgan fingerprint density at radius 2 is 1.19 bits per heavy atom.